The number of anilines is 1. The number of fused-ring (bicyclic) bond motifs is 2. The molecule has 0 radical (unpaired) electrons. The Morgan fingerprint density at radius 3 is 2.69 bits per heavy atom. The summed E-state index contributed by atoms with van der Waals surface area (Å²) in [5, 5.41) is 4.57. The largest absolute Gasteiger partial charge is 0.364 e. The van der Waals surface area contributed by atoms with Crippen LogP contribution in [0.3, 0.4) is 0 Å². The molecular weight excluding hydrogens is 360 g/mol. The highest BCUT2D eigenvalue weighted by Crippen LogP contribution is 2.30. The monoisotopic (exact) mass is 380 g/mol. The van der Waals surface area contributed by atoms with E-state index in [0.29, 0.717) is 12.2 Å². The molecule has 2 N–H and O–H groups in total. The zero-order chi connectivity index (χ0) is 19.8. The molecular formula is C23H20N6. The predicted molar refractivity (Wildman–Crippen MR) is 116 cm³/mol. The molecule has 0 spiro atoms. The number of H-pyrrole nitrogens is 1. The topological polar surface area (TPSA) is 79.4 Å². The number of aromatic nitrogens is 5. The maximum atomic E-state index is 5.08. The van der Waals surface area contributed by atoms with Gasteiger partial charge in [0.1, 0.15) is 11.8 Å². The van der Waals surface area contributed by atoms with Gasteiger partial charge in [-0.15, -0.1) is 0 Å². The fourth-order valence-electron chi connectivity index (χ4n) is 3.68. The van der Waals surface area contributed by atoms with Crippen LogP contribution in [-0.4, -0.2) is 24.9 Å². The van der Waals surface area contributed by atoms with Crippen molar-refractivity contribution in [3.63, 3.8) is 0 Å². The molecule has 0 atom stereocenters. The van der Waals surface area contributed by atoms with E-state index in [9.17, 15) is 0 Å². The van der Waals surface area contributed by atoms with Gasteiger partial charge in [-0.3, -0.25) is 0 Å². The van der Waals surface area contributed by atoms with Gasteiger partial charge in [0.25, 0.3) is 0 Å². The first kappa shape index (κ1) is 17.3. The summed E-state index contributed by atoms with van der Waals surface area (Å²) in [6.07, 6.45) is 3.15. The first-order chi connectivity index (χ1) is 14.2. The van der Waals surface area contributed by atoms with Crippen LogP contribution in [0.15, 0.2) is 61.2 Å². The summed E-state index contributed by atoms with van der Waals surface area (Å²) in [6, 6.07) is 16.9. The molecule has 5 aromatic rings. The molecule has 29 heavy (non-hydrogen) atoms. The van der Waals surface area contributed by atoms with Crippen molar-refractivity contribution in [2.45, 2.75) is 20.4 Å². The zero-order valence-electron chi connectivity index (χ0n) is 16.3. The number of benzene rings is 2. The smallest absolute Gasteiger partial charge is 0.182 e. The summed E-state index contributed by atoms with van der Waals surface area (Å²) < 4.78 is 0. The maximum Gasteiger partial charge on any atom is 0.182 e. The van der Waals surface area contributed by atoms with Crippen LogP contribution in [0.5, 0.6) is 0 Å². The van der Waals surface area contributed by atoms with Gasteiger partial charge in [0.05, 0.1) is 17.5 Å². The molecule has 6 heteroatoms. The number of pyridine rings is 1. The van der Waals surface area contributed by atoms with Crippen molar-refractivity contribution in [2.24, 2.45) is 0 Å². The van der Waals surface area contributed by atoms with Crippen molar-refractivity contribution in [3.05, 3.63) is 77.9 Å². The van der Waals surface area contributed by atoms with Crippen molar-refractivity contribution in [3.8, 4) is 11.3 Å². The number of imidazole rings is 1. The van der Waals surface area contributed by atoms with Gasteiger partial charge in [0.2, 0.25) is 0 Å². The Labute approximate surface area is 168 Å². The average molecular weight is 380 g/mol. The fraction of sp³-hybridized carbons (Fsp3) is 0.130. The minimum absolute atomic E-state index is 0.589. The van der Waals surface area contributed by atoms with Crippen LogP contribution in [0.2, 0.25) is 0 Å². The Balaban J connectivity index is 1.63. The van der Waals surface area contributed by atoms with Crippen LogP contribution in [0.25, 0.3) is 33.3 Å². The first-order valence-corrected chi connectivity index (χ1v) is 9.54. The van der Waals surface area contributed by atoms with Crippen LogP contribution in [0.4, 0.5) is 5.82 Å². The highest BCUT2D eigenvalue weighted by atomic mass is 15.1. The standard InChI is InChI=1S/C23H20N6/c1-14-6-3-4-9-18(14)20-17(10-16-8-5-7-15(2)19(16)29-20)11-24-22-21-23(26-12-25-21)28-13-27-22/h3-10,12-13H,11H2,1-2H3,(H2,24,25,26,27,28). The Bertz CT molecular complexity index is 1340. The minimum Gasteiger partial charge on any atom is -0.364 e. The van der Waals surface area contributed by atoms with Gasteiger partial charge >= 0.3 is 0 Å². The molecule has 3 aromatic heterocycles. The molecule has 0 aliphatic carbocycles. The van der Waals surface area contributed by atoms with Gasteiger partial charge < -0.3 is 10.3 Å². The lowest BCUT2D eigenvalue weighted by Gasteiger charge is -2.15. The highest BCUT2D eigenvalue weighted by molar-refractivity contribution is 5.87. The summed E-state index contributed by atoms with van der Waals surface area (Å²) in [6.45, 7) is 4.81. The third-order valence-corrected chi connectivity index (χ3v) is 5.20. The number of hydrogen-bond acceptors (Lipinski definition) is 5. The molecule has 0 aliphatic rings. The van der Waals surface area contributed by atoms with Crippen LogP contribution in [-0.2, 0) is 6.54 Å². The molecule has 0 aliphatic heterocycles. The third kappa shape index (κ3) is 3.08. The van der Waals surface area contributed by atoms with Crippen LogP contribution < -0.4 is 5.32 Å². The van der Waals surface area contributed by atoms with Crippen molar-refractivity contribution >= 4 is 27.9 Å². The van der Waals surface area contributed by atoms with Gasteiger partial charge in [-0.1, -0.05) is 42.5 Å². The third-order valence-electron chi connectivity index (χ3n) is 5.20. The second-order valence-corrected chi connectivity index (χ2v) is 7.13. The summed E-state index contributed by atoms with van der Waals surface area (Å²) in [5.41, 5.74) is 8.11. The molecule has 6 nitrogen and oxygen atoms in total. The molecule has 0 saturated heterocycles. The number of nitrogens with zero attached hydrogens (tertiary/aromatic N) is 4. The normalized spacial score (nSPS) is 11.2. The molecule has 142 valence electrons. The van der Waals surface area contributed by atoms with Crippen molar-refractivity contribution < 1.29 is 0 Å². The van der Waals surface area contributed by atoms with E-state index in [-0.39, 0.29) is 0 Å². The Morgan fingerprint density at radius 2 is 1.79 bits per heavy atom. The van der Waals surface area contributed by atoms with Gasteiger partial charge in [-0.25, -0.2) is 19.9 Å². The van der Waals surface area contributed by atoms with Crippen molar-refractivity contribution in [2.75, 3.05) is 5.32 Å². The molecule has 0 fully saturated rings. The van der Waals surface area contributed by atoms with E-state index in [1.54, 1.807) is 6.33 Å². The van der Waals surface area contributed by atoms with Gasteiger partial charge in [0.15, 0.2) is 11.5 Å². The SMILES string of the molecule is Cc1ccccc1-c1nc2c(C)cccc2cc1CNc1ncnc2nc[nH]c12. The summed E-state index contributed by atoms with van der Waals surface area (Å²) in [5.74, 6) is 0.729. The molecule has 2 aromatic carbocycles. The fourth-order valence-corrected chi connectivity index (χ4v) is 3.68. The van der Waals surface area contributed by atoms with Crippen LogP contribution >= 0.6 is 0 Å². The summed E-state index contributed by atoms with van der Waals surface area (Å²) in [4.78, 5) is 20.9. The first-order valence-electron chi connectivity index (χ1n) is 9.54. The molecule has 0 amide bonds. The zero-order valence-corrected chi connectivity index (χ0v) is 16.3. The van der Waals surface area contributed by atoms with E-state index in [1.165, 1.54) is 17.5 Å². The average Bonchev–Trinajstić information content (AvgIpc) is 3.22. The molecule has 3 heterocycles. The highest BCUT2D eigenvalue weighted by Gasteiger charge is 2.13. The molecule has 0 unspecified atom stereocenters. The number of rotatable bonds is 4. The number of aromatic amines is 1. The summed E-state index contributed by atoms with van der Waals surface area (Å²) in [7, 11) is 0. The van der Waals surface area contributed by atoms with Crippen molar-refractivity contribution in [1.29, 1.82) is 0 Å². The Hall–Kier alpha value is -3.80. The molecule has 0 saturated carbocycles. The quantitative estimate of drug-likeness (QED) is 0.468. The second-order valence-electron chi connectivity index (χ2n) is 7.13. The lowest BCUT2D eigenvalue weighted by molar-refractivity contribution is 1.09. The predicted octanol–water partition coefficient (Wildman–Crippen LogP) is 4.80. The second kappa shape index (κ2) is 6.98. The van der Waals surface area contributed by atoms with Gasteiger partial charge in [0, 0.05) is 17.5 Å². The van der Waals surface area contributed by atoms with E-state index >= 15 is 0 Å². The molecule has 0 bridgehead atoms. The maximum absolute atomic E-state index is 5.08. The Kier molecular flexibility index (Phi) is 4.17. The number of hydrogen-bond donors (Lipinski definition) is 2. The lowest BCUT2D eigenvalue weighted by atomic mass is 9.98. The number of para-hydroxylation sites is 1. The van der Waals surface area contributed by atoms with E-state index < -0.39 is 0 Å². The lowest BCUT2D eigenvalue weighted by Crippen LogP contribution is -2.06. The van der Waals surface area contributed by atoms with E-state index in [0.717, 1.165) is 39.1 Å². The van der Waals surface area contributed by atoms with Gasteiger partial charge in [-0.05, 0) is 36.6 Å². The van der Waals surface area contributed by atoms with Crippen LogP contribution in [0.1, 0.15) is 16.7 Å². The van der Waals surface area contributed by atoms with E-state index in [2.05, 4.69) is 87.6 Å². The van der Waals surface area contributed by atoms with Crippen molar-refractivity contribution in [1.82, 2.24) is 24.9 Å². The number of aryl methyl sites for hydroxylation is 2. The van der Waals surface area contributed by atoms with E-state index in [1.807, 2.05) is 0 Å². The Morgan fingerprint density at radius 1 is 0.931 bits per heavy atom. The molecule has 5 rings (SSSR count). The number of nitrogens with one attached hydrogen (secondary N) is 2. The summed E-state index contributed by atoms with van der Waals surface area (Å²) >= 11 is 0. The minimum atomic E-state index is 0.589. The van der Waals surface area contributed by atoms with Gasteiger partial charge in [-0.2, -0.15) is 0 Å². The van der Waals surface area contributed by atoms with Crippen LogP contribution in [0, 0.1) is 13.8 Å². The van der Waals surface area contributed by atoms with E-state index in [4.69, 9.17) is 4.98 Å².